The zero-order valence-corrected chi connectivity index (χ0v) is 20.9. The molecule has 0 heterocycles. The molecule has 0 saturated carbocycles. The third kappa shape index (κ3) is 6.04. The average Bonchev–Trinajstić information content (AvgIpc) is 3.03. The van der Waals surface area contributed by atoms with Gasteiger partial charge in [0.25, 0.3) is 0 Å². The first kappa shape index (κ1) is 25.1. The van der Waals surface area contributed by atoms with Gasteiger partial charge in [0.1, 0.15) is 0 Å². The van der Waals surface area contributed by atoms with Crippen LogP contribution in [0.4, 0.5) is 0 Å². The van der Waals surface area contributed by atoms with Crippen LogP contribution in [0.2, 0.25) is 0 Å². The van der Waals surface area contributed by atoms with Gasteiger partial charge in [0.2, 0.25) is 0 Å². The first-order valence-electron chi connectivity index (χ1n) is 7.18. The van der Waals surface area contributed by atoms with Crippen LogP contribution in [0.3, 0.4) is 0 Å². The Morgan fingerprint density at radius 1 is 0.680 bits per heavy atom. The zero-order chi connectivity index (χ0) is 15.7. The largest absolute Gasteiger partial charge is 4.00 e. The van der Waals surface area contributed by atoms with Crippen LogP contribution >= 0.6 is 31.9 Å². The Kier molecular flexibility index (Phi) is 11.1. The Morgan fingerprint density at radius 3 is 1.36 bits per heavy atom. The van der Waals surface area contributed by atoms with Crippen molar-refractivity contribution in [3.63, 3.8) is 0 Å². The molecule has 0 nitrogen and oxygen atoms in total. The molecule has 4 rings (SSSR count). The molecule has 4 aromatic carbocycles. The van der Waals surface area contributed by atoms with E-state index >= 15 is 0 Å². The van der Waals surface area contributed by atoms with Gasteiger partial charge in [-0.05, 0) is 8.95 Å². The van der Waals surface area contributed by atoms with Crippen LogP contribution in [-0.4, -0.2) is 0 Å². The second-order valence-electron chi connectivity index (χ2n) is 5.55. The fourth-order valence-electron chi connectivity index (χ4n) is 2.69. The molecule has 0 fully saturated rings. The topological polar surface area (TPSA) is 0 Å². The summed E-state index contributed by atoms with van der Waals surface area (Å²) >= 11 is 7.02. The zero-order valence-electron chi connectivity index (χ0n) is 13.8. The Hall–Kier alpha value is 0.0831. The molecule has 128 valence electrons. The summed E-state index contributed by atoms with van der Waals surface area (Å²) in [5.74, 6) is 0. The maximum Gasteiger partial charge on any atom is 4.00 e. The van der Waals surface area contributed by atoms with E-state index in [1.165, 1.54) is 41.6 Å². The van der Waals surface area contributed by atoms with Crippen molar-refractivity contribution in [2.75, 3.05) is 0 Å². The second-order valence-corrected chi connectivity index (χ2v) is 7.26. The molecule has 0 unspecified atom stereocenters. The van der Waals surface area contributed by atoms with Gasteiger partial charge in [0.15, 0.2) is 0 Å². The van der Waals surface area contributed by atoms with Gasteiger partial charge in [-0.2, -0.15) is 12.1 Å². The summed E-state index contributed by atoms with van der Waals surface area (Å²) in [5.41, 5.74) is 2.65. The van der Waals surface area contributed by atoms with Gasteiger partial charge in [-0.1, -0.05) is 57.8 Å². The van der Waals surface area contributed by atoms with Crippen LogP contribution < -0.4 is 24.8 Å². The molecule has 25 heavy (non-hydrogen) atoms. The number of halogens is 4. The first-order valence-corrected chi connectivity index (χ1v) is 8.76. The molecule has 0 aromatic heterocycles. The molecular formula is C20H16Br2Cl2Zr. The van der Waals surface area contributed by atoms with E-state index < -0.39 is 0 Å². The molecule has 0 spiro atoms. The van der Waals surface area contributed by atoms with Gasteiger partial charge in [-0.25, -0.2) is 0 Å². The minimum absolute atomic E-state index is 0. The van der Waals surface area contributed by atoms with Crippen LogP contribution in [0, 0.1) is 13.8 Å². The summed E-state index contributed by atoms with van der Waals surface area (Å²) in [6.45, 7) is 4.24. The van der Waals surface area contributed by atoms with Crippen molar-refractivity contribution in [1.29, 1.82) is 0 Å². The van der Waals surface area contributed by atoms with Crippen molar-refractivity contribution in [1.82, 2.24) is 0 Å². The maximum atomic E-state index is 3.51. The summed E-state index contributed by atoms with van der Waals surface area (Å²) in [6.07, 6.45) is 0. The van der Waals surface area contributed by atoms with Gasteiger partial charge in [0.05, 0.1) is 0 Å². The van der Waals surface area contributed by atoms with Crippen molar-refractivity contribution in [3.05, 3.63) is 80.7 Å². The standard InChI is InChI=1S/2C10H8Br.2ClH.Zr/c2*1-7-5-8-3-2-4-10(11)9(8)6-7;;;/h2*2-6H,1H3;2*1H;/q2*-1;;;+4/p-2. The van der Waals surface area contributed by atoms with Crippen molar-refractivity contribution >= 4 is 53.4 Å². The van der Waals surface area contributed by atoms with Crippen LogP contribution in [0.25, 0.3) is 21.5 Å². The van der Waals surface area contributed by atoms with Crippen LogP contribution in [0.5, 0.6) is 0 Å². The second kappa shape index (κ2) is 11.0. The van der Waals surface area contributed by atoms with Crippen molar-refractivity contribution < 1.29 is 51.0 Å². The fraction of sp³-hybridized carbons (Fsp3) is 0.100. The molecule has 0 radical (unpaired) electrons. The molecule has 0 bridgehead atoms. The van der Waals surface area contributed by atoms with E-state index in [0.29, 0.717) is 0 Å². The summed E-state index contributed by atoms with van der Waals surface area (Å²) in [5, 5.41) is 5.25. The smallest absolute Gasteiger partial charge is 1.00 e. The molecule has 0 N–H and O–H groups in total. The number of hydrogen-bond donors (Lipinski definition) is 0. The number of aryl methyl sites for hydroxylation is 2. The van der Waals surface area contributed by atoms with Crippen LogP contribution in [0.15, 0.2) is 69.6 Å². The molecule has 0 aliphatic carbocycles. The quantitative estimate of drug-likeness (QED) is 0.276. The SMILES string of the molecule is Cc1cc2c(Br)cccc2[cH-]1.Cc1cc2c(Br)cccc2[cH-]1.[Cl-].[Cl-].[Zr+4]. The third-order valence-electron chi connectivity index (χ3n) is 3.68. The molecule has 0 aliphatic rings. The van der Waals surface area contributed by atoms with Gasteiger partial charge in [-0.3, -0.25) is 0 Å². The van der Waals surface area contributed by atoms with Gasteiger partial charge >= 0.3 is 26.2 Å². The van der Waals surface area contributed by atoms with Crippen LogP contribution in [-0.2, 0) is 26.2 Å². The first-order chi connectivity index (χ1) is 10.5. The Bertz CT molecular complexity index is 863. The molecule has 0 saturated heterocycles. The minimum atomic E-state index is 0. The van der Waals surface area contributed by atoms with E-state index in [1.807, 2.05) is 0 Å². The summed E-state index contributed by atoms with van der Waals surface area (Å²) in [6, 6.07) is 21.3. The monoisotopic (exact) mass is 574 g/mol. The van der Waals surface area contributed by atoms with Crippen LogP contribution in [0.1, 0.15) is 11.1 Å². The summed E-state index contributed by atoms with van der Waals surface area (Å²) < 4.78 is 2.37. The number of hydrogen-bond acceptors (Lipinski definition) is 0. The maximum absolute atomic E-state index is 3.51. The van der Waals surface area contributed by atoms with E-state index in [0.717, 1.165) is 0 Å². The number of benzene rings is 2. The van der Waals surface area contributed by atoms with Crippen molar-refractivity contribution in [3.8, 4) is 0 Å². The molecule has 4 aromatic rings. The van der Waals surface area contributed by atoms with E-state index in [1.54, 1.807) is 0 Å². The summed E-state index contributed by atoms with van der Waals surface area (Å²) in [4.78, 5) is 0. The van der Waals surface area contributed by atoms with E-state index in [9.17, 15) is 0 Å². The Labute approximate surface area is 197 Å². The molecular weight excluding hydrogens is 562 g/mol. The minimum Gasteiger partial charge on any atom is -1.00 e. The Balaban J connectivity index is 0.000000411. The van der Waals surface area contributed by atoms with E-state index in [4.69, 9.17) is 0 Å². The normalized spacial score (nSPS) is 9.44. The predicted molar refractivity (Wildman–Crippen MR) is 104 cm³/mol. The predicted octanol–water partition coefficient (Wildman–Crippen LogP) is 1.26. The van der Waals surface area contributed by atoms with Gasteiger partial charge in [0, 0.05) is 0 Å². The number of fused-ring (bicyclic) bond motifs is 2. The fourth-order valence-corrected chi connectivity index (χ4v) is 3.68. The van der Waals surface area contributed by atoms with Gasteiger partial charge < -0.3 is 24.8 Å². The molecule has 0 atom stereocenters. The van der Waals surface area contributed by atoms with Crippen molar-refractivity contribution in [2.45, 2.75) is 13.8 Å². The average molecular weight is 578 g/mol. The van der Waals surface area contributed by atoms with Gasteiger partial charge in [-0.15, -0.1) is 69.1 Å². The third-order valence-corrected chi connectivity index (χ3v) is 5.07. The molecule has 0 amide bonds. The van der Waals surface area contributed by atoms with E-state index in [-0.39, 0.29) is 51.0 Å². The van der Waals surface area contributed by atoms with E-state index in [2.05, 4.69) is 106 Å². The number of rotatable bonds is 0. The Morgan fingerprint density at radius 2 is 1.04 bits per heavy atom. The van der Waals surface area contributed by atoms with Crippen molar-refractivity contribution in [2.24, 2.45) is 0 Å². The molecule has 0 aliphatic heterocycles. The molecule has 5 heteroatoms. The summed E-state index contributed by atoms with van der Waals surface area (Å²) in [7, 11) is 0.